The fraction of sp³-hybridized carbons (Fsp3) is 0.400. The molecule has 0 heterocycles. The molecule has 0 bridgehead atoms. The highest BCUT2D eigenvalue weighted by Gasteiger charge is 1.87. The monoisotopic (exact) mass is 101 g/mol. The second kappa shape index (κ2) is 3.23. The Labute approximate surface area is 42.5 Å². The van der Waals surface area contributed by atoms with Gasteiger partial charge in [-0.15, -0.1) is 6.42 Å². The van der Waals surface area contributed by atoms with Gasteiger partial charge in [0.25, 0.3) is 0 Å². The van der Waals surface area contributed by atoms with Crippen LogP contribution in [0.15, 0.2) is 0 Å². The fourth-order valence-electron chi connectivity index (χ4n) is 0.173. The number of ether oxygens (including phenoxy) is 1. The van der Waals surface area contributed by atoms with Crippen LogP contribution in [-0.4, -0.2) is 12.6 Å². The van der Waals surface area contributed by atoms with E-state index in [1.54, 1.807) is 12.8 Å². The smallest absolute Gasteiger partial charge is 0.384 e. The first kappa shape index (κ1) is 6.03. The molecule has 0 aromatic carbocycles. The van der Waals surface area contributed by atoms with Gasteiger partial charge in [0.05, 0.1) is 6.61 Å². The fourth-order valence-corrected chi connectivity index (χ4v) is 0.173. The van der Waals surface area contributed by atoms with Gasteiger partial charge in [-0.3, -0.25) is 0 Å². The van der Waals surface area contributed by atoms with Gasteiger partial charge in [-0.2, -0.15) is 0 Å². The van der Waals surface area contributed by atoms with Gasteiger partial charge in [0.15, 0.2) is 0 Å². The van der Waals surface area contributed by atoms with Crippen molar-refractivity contribution in [2.45, 2.75) is 6.92 Å². The lowest BCUT2D eigenvalue weighted by Gasteiger charge is -1.88. The first-order valence-electron chi connectivity index (χ1n) is 1.94. The van der Waals surface area contributed by atoms with Crippen LogP contribution >= 0.6 is 0 Å². The maximum absolute atomic E-state index is 9.95. The molecule has 0 radical (unpaired) electrons. The van der Waals surface area contributed by atoms with Gasteiger partial charge in [-0.25, -0.2) is 4.79 Å². The maximum Gasteiger partial charge on any atom is 0.384 e. The standard InChI is InChI=1S/C5H6O2/c1-3-5(6)7-4-2/h1H,4H2,2H3/i1+1,3+1,5+1. The van der Waals surface area contributed by atoms with Crippen molar-refractivity contribution in [1.29, 1.82) is 0 Å². The van der Waals surface area contributed by atoms with Crippen molar-refractivity contribution in [1.82, 2.24) is 0 Å². The lowest BCUT2D eigenvalue weighted by atomic mass is 10.9. The van der Waals surface area contributed by atoms with Crippen LogP contribution in [0.2, 0.25) is 0 Å². The van der Waals surface area contributed by atoms with Crippen LogP contribution in [0, 0.1) is 12.3 Å². The molecule has 0 spiro atoms. The molecule has 0 saturated carbocycles. The zero-order valence-corrected chi connectivity index (χ0v) is 4.10. The molecule has 0 saturated heterocycles. The number of hydrogen-bond acceptors (Lipinski definition) is 2. The first-order chi connectivity index (χ1) is 3.31. The summed E-state index contributed by atoms with van der Waals surface area (Å²) in [6, 6.07) is 0. The molecule has 0 fully saturated rings. The molecule has 2 nitrogen and oxygen atoms in total. The molecule has 0 aliphatic rings. The van der Waals surface area contributed by atoms with Crippen molar-refractivity contribution in [3.63, 3.8) is 0 Å². The number of terminal acetylenes is 1. The molecule has 38 valence electrons. The third-order valence-corrected chi connectivity index (χ3v) is 0.393. The summed E-state index contributed by atoms with van der Waals surface area (Å²) in [6.45, 7) is 2.05. The van der Waals surface area contributed by atoms with Crippen LogP contribution in [0.3, 0.4) is 0 Å². The van der Waals surface area contributed by atoms with Crippen LogP contribution in [0.4, 0.5) is 0 Å². The third kappa shape index (κ3) is 2.84. The number of hydrogen-bond donors (Lipinski definition) is 0. The minimum absolute atomic E-state index is 0.350. The summed E-state index contributed by atoms with van der Waals surface area (Å²) in [5, 5.41) is 0. The van der Waals surface area contributed by atoms with Gasteiger partial charge in [-0.05, 0) is 6.92 Å². The van der Waals surface area contributed by atoms with Gasteiger partial charge in [-0.1, -0.05) is 0 Å². The topological polar surface area (TPSA) is 26.3 Å². The van der Waals surface area contributed by atoms with Crippen molar-refractivity contribution < 1.29 is 9.53 Å². The van der Waals surface area contributed by atoms with Gasteiger partial charge in [0.2, 0.25) is 0 Å². The summed E-state index contributed by atoms with van der Waals surface area (Å²) in [4.78, 5) is 9.95. The van der Waals surface area contributed by atoms with Crippen molar-refractivity contribution in [3.8, 4) is 12.3 Å². The molecule has 0 aliphatic heterocycles. The van der Waals surface area contributed by atoms with Crippen molar-refractivity contribution in [2.75, 3.05) is 6.61 Å². The summed E-state index contributed by atoms with van der Waals surface area (Å²) < 4.78 is 4.32. The van der Waals surface area contributed by atoms with Crippen molar-refractivity contribution >= 4 is 5.97 Å². The Hall–Kier alpha value is -0.970. The predicted octanol–water partition coefficient (Wildman–Crippen LogP) is 0.183. The molecule has 0 rings (SSSR count). The van der Waals surface area contributed by atoms with E-state index in [-0.39, 0.29) is 0 Å². The van der Waals surface area contributed by atoms with E-state index in [0.717, 1.165) is 0 Å². The van der Waals surface area contributed by atoms with Gasteiger partial charge in [0.1, 0.15) is 0 Å². The predicted molar refractivity (Wildman–Crippen MR) is 25.5 cm³/mol. The van der Waals surface area contributed by atoms with E-state index < -0.39 is 5.97 Å². The van der Waals surface area contributed by atoms with E-state index in [1.807, 2.05) is 0 Å². The maximum atomic E-state index is 9.95. The number of carbonyl (C=O) groups is 1. The molecule has 0 unspecified atom stereocenters. The Kier molecular flexibility index (Phi) is 2.78. The molecule has 0 aliphatic carbocycles. The number of rotatable bonds is 1. The van der Waals surface area contributed by atoms with E-state index in [4.69, 9.17) is 0 Å². The molecular formula is C5H6O2. The van der Waals surface area contributed by atoms with E-state index in [1.165, 1.54) is 0 Å². The average molecular weight is 101 g/mol. The highest BCUT2D eigenvalue weighted by Crippen LogP contribution is 1.70. The van der Waals surface area contributed by atoms with E-state index in [2.05, 4.69) is 11.2 Å². The van der Waals surface area contributed by atoms with Crippen LogP contribution in [-0.2, 0) is 9.53 Å². The summed E-state index contributed by atoms with van der Waals surface area (Å²) in [7, 11) is 0. The van der Waals surface area contributed by atoms with Gasteiger partial charge in [0, 0.05) is 5.92 Å². The number of carbonyl (C=O) groups excluding carboxylic acids is 1. The molecule has 0 amide bonds. The van der Waals surface area contributed by atoms with Crippen molar-refractivity contribution in [3.05, 3.63) is 0 Å². The summed E-state index contributed by atoms with van der Waals surface area (Å²) in [5.41, 5.74) is 0. The molecular weight excluding hydrogens is 95.0 g/mol. The Balaban J connectivity index is 3.24. The zero-order chi connectivity index (χ0) is 5.70. The highest BCUT2D eigenvalue weighted by molar-refractivity contribution is 5.87. The largest absolute Gasteiger partial charge is 0.456 e. The third-order valence-electron chi connectivity index (χ3n) is 0.393. The van der Waals surface area contributed by atoms with Crippen LogP contribution in [0.25, 0.3) is 0 Å². The van der Waals surface area contributed by atoms with Gasteiger partial charge < -0.3 is 4.74 Å². The molecule has 0 aromatic heterocycles. The van der Waals surface area contributed by atoms with E-state index in [9.17, 15) is 4.79 Å². The summed E-state index contributed by atoms with van der Waals surface area (Å²) in [6.07, 6.45) is 4.63. The Bertz CT molecular complexity index is 99.1. The summed E-state index contributed by atoms with van der Waals surface area (Å²) in [5.74, 6) is 1.21. The zero-order valence-electron chi connectivity index (χ0n) is 4.10. The van der Waals surface area contributed by atoms with Crippen molar-refractivity contribution in [2.24, 2.45) is 0 Å². The Morgan fingerprint density at radius 3 is 2.71 bits per heavy atom. The second-order valence-electron chi connectivity index (χ2n) is 0.865. The average Bonchev–Trinajstić information content (AvgIpc) is 1.68. The molecule has 2 heteroatoms. The number of esters is 1. The van der Waals surface area contributed by atoms with Gasteiger partial charge >= 0.3 is 5.97 Å². The minimum Gasteiger partial charge on any atom is -0.456 e. The van der Waals surface area contributed by atoms with Crippen LogP contribution in [0.1, 0.15) is 6.92 Å². The van der Waals surface area contributed by atoms with E-state index >= 15 is 0 Å². The van der Waals surface area contributed by atoms with Crippen LogP contribution < -0.4 is 0 Å². The minimum atomic E-state index is -0.595. The molecule has 0 N–H and O–H groups in total. The SMILES string of the molecule is CCO[13C](=O)[13C]#[13CH]. The molecule has 0 aromatic rings. The quantitative estimate of drug-likeness (QED) is 0.204. The Morgan fingerprint density at radius 2 is 2.57 bits per heavy atom. The Morgan fingerprint density at radius 1 is 2.00 bits per heavy atom. The highest BCUT2D eigenvalue weighted by atomic mass is 16.6. The lowest BCUT2D eigenvalue weighted by Crippen LogP contribution is -1.98. The second-order valence-corrected chi connectivity index (χ2v) is 0.865. The first-order valence-corrected chi connectivity index (χ1v) is 1.94. The van der Waals surface area contributed by atoms with Crippen LogP contribution in [0.5, 0.6) is 0 Å². The molecule has 7 heavy (non-hydrogen) atoms. The lowest BCUT2D eigenvalue weighted by molar-refractivity contribution is -0.136. The molecule has 0 atom stereocenters. The van der Waals surface area contributed by atoms with E-state index in [0.29, 0.717) is 6.61 Å². The normalized spacial score (nSPS) is 6.86. The summed E-state index contributed by atoms with van der Waals surface area (Å²) >= 11 is 0.